The van der Waals surface area contributed by atoms with Crippen LogP contribution in [0.2, 0.25) is 0 Å². The molecule has 0 amide bonds. The molecule has 1 aliphatic carbocycles. The van der Waals surface area contributed by atoms with Gasteiger partial charge >= 0.3 is 12.1 Å². The molecule has 0 saturated heterocycles. The average Bonchev–Trinajstić information content (AvgIpc) is 2.96. The van der Waals surface area contributed by atoms with E-state index in [-0.39, 0.29) is 22.7 Å². The lowest BCUT2D eigenvalue weighted by molar-refractivity contribution is -0.141. The average molecular weight is 245 g/mol. The van der Waals surface area contributed by atoms with Crippen LogP contribution in [0.4, 0.5) is 13.2 Å². The third kappa shape index (κ3) is 2.25. The number of alkyl halides is 3. The first kappa shape index (κ1) is 11.9. The summed E-state index contributed by atoms with van der Waals surface area (Å²) < 4.78 is 37.7. The molecule has 0 spiro atoms. The topological polar surface area (TPSA) is 50.2 Å². The van der Waals surface area contributed by atoms with Gasteiger partial charge in [0.1, 0.15) is 5.69 Å². The molecule has 1 N–H and O–H groups in total. The van der Waals surface area contributed by atoms with E-state index in [0.29, 0.717) is 0 Å². The van der Waals surface area contributed by atoms with Gasteiger partial charge in [0, 0.05) is 0 Å². The van der Waals surface area contributed by atoms with Crippen molar-refractivity contribution in [2.75, 3.05) is 0 Å². The Morgan fingerprint density at radius 2 is 2.06 bits per heavy atom. The number of aryl methyl sites for hydroxylation is 1. The largest absolute Gasteiger partial charge is 0.478 e. The fourth-order valence-corrected chi connectivity index (χ4v) is 1.84. The minimum Gasteiger partial charge on any atom is -0.478 e. The number of aromatic carboxylic acids is 1. The Bertz CT molecular complexity index is 478. The maximum atomic E-state index is 12.6. The monoisotopic (exact) mass is 245 g/mol. The van der Waals surface area contributed by atoms with Gasteiger partial charge in [-0.15, -0.1) is 0 Å². The SMILES string of the molecule is Cc1nc(C(F)(F)F)cc(C2CC2)c1C(=O)O. The number of carboxylic acid groups (broad SMARTS) is 1. The van der Waals surface area contributed by atoms with Crippen LogP contribution in [0.15, 0.2) is 6.07 Å². The molecule has 0 unspecified atom stereocenters. The van der Waals surface area contributed by atoms with Crippen LogP contribution in [-0.4, -0.2) is 16.1 Å². The van der Waals surface area contributed by atoms with E-state index in [0.717, 1.165) is 18.9 Å². The van der Waals surface area contributed by atoms with Crippen LogP contribution in [0.25, 0.3) is 0 Å². The minimum absolute atomic E-state index is 0.0658. The van der Waals surface area contributed by atoms with Crippen LogP contribution in [0.1, 0.15) is 46.1 Å². The zero-order valence-electron chi connectivity index (χ0n) is 9.01. The van der Waals surface area contributed by atoms with Crippen molar-refractivity contribution >= 4 is 5.97 Å². The number of pyridine rings is 1. The number of nitrogens with zero attached hydrogens (tertiary/aromatic N) is 1. The molecule has 17 heavy (non-hydrogen) atoms. The van der Waals surface area contributed by atoms with Crippen molar-refractivity contribution in [3.63, 3.8) is 0 Å². The first-order chi connectivity index (χ1) is 7.80. The molecule has 1 aromatic heterocycles. The lowest BCUT2D eigenvalue weighted by Crippen LogP contribution is -2.14. The molecule has 0 bridgehead atoms. The summed E-state index contributed by atoms with van der Waals surface area (Å²) in [6.07, 6.45) is -3.06. The summed E-state index contributed by atoms with van der Waals surface area (Å²) in [6.45, 7) is 1.30. The van der Waals surface area contributed by atoms with E-state index in [4.69, 9.17) is 5.11 Å². The summed E-state index contributed by atoms with van der Waals surface area (Å²) in [5.74, 6) is -1.28. The van der Waals surface area contributed by atoms with Crippen molar-refractivity contribution in [3.8, 4) is 0 Å². The van der Waals surface area contributed by atoms with Crippen LogP contribution in [0, 0.1) is 6.92 Å². The number of carboxylic acids is 1. The lowest BCUT2D eigenvalue weighted by Gasteiger charge is -2.12. The van der Waals surface area contributed by atoms with Gasteiger partial charge in [-0.1, -0.05) is 0 Å². The van der Waals surface area contributed by atoms with Crippen molar-refractivity contribution in [3.05, 3.63) is 28.6 Å². The number of halogens is 3. The Hall–Kier alpha value is -1.59. The van der Waals surface area contributed by atoms with Gasteiger partial charge in [-0.2, -0.15) is 13.2 Å². The second kappa shape index (κ2) is 3.72. The Labute approximate surface area is 95.3 Å². The van der Waals surface area contributed by atoms with Crippen LogP contribution in [-0.2, 0) is 6.18 Å². The highest BCUT2D eigenvalue weighted by atomic mass is 19.4. The van der Waals surface area contributed by atoms with Gasteiger partial charge in [0.25, 0.3) is 0 Å². The summed E-state index contributed by atoms with van der Waals surface area (Å²) in [6, 6.07) is 0.869. The highest BCUT2D eigenvalue weighted by Crippen LogP contribution is 2.43. The molecule has 6 heteroatoms. The second-order valence-corrected chi connectivity index (χ2v) is 4.13. The van der Waals surface area contributed by atoms with Crippen molar-refractivity contribution in [2.24, 2.45) is 0 Å². The summed E-state index contributed by atoms with van der Waals surface area (Å²) in [5, 5.41) is 9.00. The van der Waals surface area contributed by atoms with Crippen molar-refractivity contribution in [1.82, 2.24) is 4.98 Å². The van der Waals surface area contributed by atoms with Gasteiger partial charge in [-0.25, -0.2) is 9.78 Å². The highest BCUT2D eigenvalue weighted by molar-refractivity contribution is 5.91. The number of rotatable bonds is 2. The number of aromatic nitrogens is 1. The van der Waals surface area contributed by atoms with E-state index in [1.54, 1.807) is 0 Å². The molecular formula is C11H10F3NO2. The molecule has 3 nitrogen and oxygen atoms in total. The van der Waals surface area contributed by atoms with E-state index in [1.165, 1.54) is 6.92 Å². The molecule has 0 radical (unpaired) electrons. The summed E-state index contributed by atoms with van der Waals surface area (Å²) in [7, 11) is 0. The predicted molar refractivity (Wildman–Crippen MR) is 52.9 cm³/mol. The fourth-order valence-electron chi connectivity index (χ4n) is 1.84. The second-order valence-electron chi connectivity index (χ2n) is 4.13. The Balaban J connectivity index is 2.60. The summed E-state index contributed by atoms with van der Waals surface area (Å²) in [5.41, 5.74) is -0.908. The van der Waals surface area contributed by atoms with E-state index < -0.39 is 17.8 Å². The summed E-state index contributed by atoms with van der Waals surface area (Å²) >= 11 is 0. The molecule has 92 valence electrons. The molecular weight excluding hydrogens is 235 g/mol. The maximum absolute atomic E-state index is 12.6. The van der Waals surface area contributed by atoms with E-state index in [9.17, 15) is 18.0 Å². The van der Waals surface area contributed by atoms with Crippen molar-refractivity contribution in [1.29, 1.82) is 0 Å². The summed E-state index contributed by atoms with van der Waals surface area (Å²) in [4.78, 5) is 14.3. The minimum atomic E-state index is -4.54. The number of carbonyl (C=O) groups is 1. The Kier molecular flexibility index (Phi) is 2.60. The van der Waals surface area contributed by atoms with Crippen LogP contribution >= 0.6 is 0 Å². The van der Waals surface area contributed by atoms with Gasteiger partial charge in [0.15, 0.2) is 0 Å². The van der Waals surface area contributed by atoms with Crippen LogP contribution in [0.5, 0.6) is 0 Å². The smallest absolute Gasteiger partial charge is 0.433 e. The first-order valence-electron chi connectivity index (χ1n) is 5.12. The van der Waals surface area contributed by atoms with Gasteiger partial charge in [-0.05, 0) is 37.3 Å². The quantitative estimate of drug-likeness (QED) is 0.871. The van der Waals surface area contributed by atoms with Gasteiger partial charge in [0.2, 0.25) is 0 Å². The lowest BCUT2D eigenvalue weighted by atomic mass is 10.0. The van der Waals surface area contributed by atoms with Crippen LogP contribution < -0.4 is 0 Å². The Morgan fingerprint density at radius 1 is 1.47 bits per heavy atom. The Morgan fingerprint density at radius 3 is 2.47 bits per heavy atom. The normalized spacial score (nSPS) is 16.0. The molecule has 1 fully saturated rings. The third-order valence-corrected chi connectivity index (χ3v) is 2.75. The highest BCUT2D eigenvalue weighted by Gasteiger charge is 2.37. The molecule has 2 rings (SSSR count). The van der Waals surface area contributed by atoms with E-state index in [1.807, 2.05) is 0 Å². The zero-order valence-corrected chi connectivity index (χ0v) is 9.01. The molecule has 0 aliphatic heterocycles. The molecule has 1 aromatic rings. The number of hydrogen-bond acceptors (Lipinski definition) is 2. The fraction of sp³-hybridized carbons (Fsp3) is 0.455. The first-order valence-corrected chi connectivity index (χ1v) is 5.12. The van der Waals surface area contributed by atoms with Gasteiger partial charge in [-0.3, -0.25) is 0 Å². The molecule has 0 atom stereocenters. The maximum Gasteiger partial charge on any atom is 0.433 e. The molecule has 1 saturated carbocycles. The van der Waals surface area contributed by atoms with E-state index in [2.05, 4.69) is 4.98 Å². The molecule has 1 heterocycles. The zero-order chi connectivity index (χ0) is 12.8. The van der Waals surface area contributed by atoms with E-state index >= 15 is 0 Å². The predicted octanol–water partition coefficient (Wildman–Crippen LogP) is 2.98. The standard InChI is InChI=1S/C11H10F3NO2/c1-5-9(10(16)17)7(6-2-3-6)4-8(15-5)11(12,13)14/h4,6H,2-3H2,1H3,(H,16,17). The molecule has 1 aliphatic rings. The van der Waals surface area contributed by atoms with Crippen LogP contribution in [0.3, 0.4) is 0 Å². The third-order valence-electron chi connectivity index (χ3n) is 2.75. The van der Waals surface area contributed by atoms with Crippen molar-refractivity contribution in [2.45, 2.75) is 31.9 Å². The molecule has 0 aromatic carbocycles. The van der Waals surface area contributed by atoms with Gasteiger partial charge in [0.05, 0.1) is 11.3 Å². The number of hydrogen-bond donors (Lipinski definition) is 1. The van der Waals surface area contributed by atoms with Crippen molar-refractivity contribution < 1.29 is 23.1 Å². The van der Waals surface area contributed by atoms with Gasteiger partial charge < -0.3 is 5.11 Å².